The lowest BCUT2D eigenvalue weighted by Gasteiger charge is -2.31. The SMILES string of the molecule is CCC(Nc1nccc(C)c1Br)C1CCCCC1. The molecule has 0 spiro atoms. The third-order valence-corrected chi connectivity index (χ3v) is 5.06. The molecule has 1 atom stereocenters. The summed E-state index contributed by atoms with van der Waals surface area (Å²) in [4.78, 5) is 4.46. The van der Waals surface area contributed by atoms with Crippen molar-refractivity contribution >= 4 is 21.7 Å². The van der Waals surface area contributed by atoms with Gasteiger partial charge in [0.1, 0.15) is 5.82 Å². The Bertz CT molecular complexity index is 386. The zero-order chi connectivity index (χ0) is 13.0. The van der Waals surface area contributed by atoms with Crippen molar-refractivity contribution < 1.29 is 0 Å². The van der Waals surface area contributed by atoms with Crippen molar-refractivity contribution in [2.24, 2.45) is 5.92 Å². The normalized spacial score (nSPS) is 18.6. The smallest absolute Gasteiger partial charge is 0.140 e. The lowest BCUT2D eigenvalue weighted by atomic mass is 9.83. The Hall–Kier alpha value is -0.570. The summed E-state index contributed by atoms with van der Waals surface area (Å²) in [6, 6.07) is 2.60. The Morgan fingerprint density at radius 1 is 1.39 bits per heavy atom. The minimum Gasteiger partial charge on any atom is -0.366 e. The second-order valence-corrected chi connectivity index (χ2v) is 6.14. The van der Waals surface area contributed by atoms with Crippen molar-refractivity contribution in [3.63, 3.8) is 0 Å². The van der Waals surface area contributed by atoms with Crippen LogP contribution in [0.1, 0.15) is 51.0 Å². The summed E-state index contributed by atoms with van der Waals surface area (Å²) in [6.45, 7) is 4.38. The number of nitrogens with one attached hydrogen (secondary N) is 1. The van der Waals surface area contributed by atoms with Crippen molar-refractivity contribution in [2.75, 3.05) is 5.32 Å². The molecular formula is C15H23BrN2. The van der Waals surface area contributed by atoms with Crippen molar-refractivity contribution in [1.29, 1.82) is 0 Å². The summed E-state index contributed by atoms with van der Waals surface area (Å²) in [7, 11) is 0. The van der Waals surface area contributed by atoms with Gasteiger partial charge in [0.05, 0.1) is 4.47 Å². The van der Waals surface area contributed by atoms with Gasteiger partial charge in [-0.3, -0.25) is 0 Å². The molecule has 1 aliphatic carbocycles. The van der Waals surface area contributed by atoms with E-state index in [0.29, 0.717) is 6.04 Å². The van der Waals surface area contributed by atoms with Crippen LogP contribution in [0.3, 0.4) is 0 Å². The van der Waals surface area contributed by atoms with Crippen LogP contribution in [0.25, 0.3) is 0 Å². The molecule has 0 saturated heterocycles. The number of aryl methyl sites for hydroxylation is 1. The number of hydrogen-bond acceptors (Lipinski definition) is 2. The van der Waals surface area contributed by atoms with Crippen molar-refractivity contribution in [3.05, 3.63) is 22.3 Å². The maximum Gasteiger partial charge on any atom is 0.140 e. The molecule has 2 nitrogen and oxygen atoms in total. The highest BCUT2D eigenvalue weighted by Crippen LogP contribution is 2.31. The van der Waals surface area contributed by atoms with Gasteiger partial charge in [-0.15, -0.1) is 0 Å². The summed E-state index contributed by atoms with van der Waals surface area (Å²) in [6.07, 6.45) is 10.0. The molecule has 0 aliphatic heterocycles. The lowest BCUT2D eigenvalue weighted by Crippen LogP contribution is -2.30. The highest BCUT2D eigenvalue weighted by atomic mass is 79.9. The fraction of sp³-hybridized carbons (Fsp3) is 0.667. The third-order valence-electron chi connectivity index (χ3n) is 4.06. The van der Waals surface area contributed by atoms with Crippen LogP contribution >= 0.6 is 15.9 Å². The summed E-state index contributed by atoms with van der Waals surface area (Å²) in [5.41, 5.74) is 1.24. The molecule has 2 rings (SSSR count). The van der Waals surface area contributed by atoms with Gasteiger partial charge in [-0.2, -0.15) is 0 Å². The summed E-state index contributed by atoms with van der Waals surface area (Å²) in [5, 5.41) is 3.65. The number of nitrogens with zero attached hydrogens (tertiary/aromatic N) is 1. The van der Waals surface area contributed by atoms with Gasteiger partial charge in [0.15, 0.2) is 0 Å². The topological polar surface area (TPSA) is 24.9 Å². The Labute approximate surface area is 119 Å². The molecular weight excluding hydrogens is 288 g/mol. The van der Waals surface area contributed by atoms with Gasteiger partial charge in [-0.25, -0.2) is 4.98 Å². The quantitative estimate of drug-likeness (QED) is 0.853. The molecule has 1 unspecified atom stereocenters. The number of aromatic nitrogens is 1. The van der Waals surface area contributed by atoms with E-state index in [1.165, 1.54) is 44.1 Å². The van der Waals surface area contributed by atoms with E-state index >= 15 is 0 Å². The molecule has 3 heteroatoms. The van der Waals surface area contributed by atoms with Crippen LogP contribution in [-0.4, -0.2) is 11.0 Å². The zero-order valence-electron chi connectivity index (χ0n) is 11.4. The van der Waals surface area contributed by atoms with E-state index < -0.39 is 0 Å². The second-order valence-electron chi connectivity index (χ2n) is 5.35. The fourth-order valence-corrected chi connectivity index (χ4v) is 3.26. The number of anilines is 1. The van der Waals surface area contributed by atoms with Gasteiger partial charge in [-0.1, -0.05) is 26.2 Å². The molecule has 1 saturated carbocycles. The van der Waals surface area contributed by atoms with E-state index in [0.717, 1.165) is 16.2 Å². The molecule has 1 aromatic rings. The van der Waals surface area contributed by atoms with Gasteiger partial charge >= 0.3 is 0 Å². The maximum absolute atomic E-state index is 4.46. The molecule has 0 amide bonds. The first kappa shape index (κ1) is 13.9. The number of halogens is 1. The maximum atomic E-state index is 4.46. The number of rotatable bonds is 4. The van der Waals surface area contributed by atoms with Crippen LogP contribution in [0.2, 0.25) is 0 Å². The summed E-state index contributed by atoms with van der Waals surface area (Å²) < 4.78 is 1.11. The van der Waals surface area contributed by atoms with Gasteiger partial charge in [0.25, 0.3) is 0 Å². The molecule has 1 aromatic heterocycles. The van der Waals surface area contributed by atoms with Crippen LogP contribution in [0.15, 0.2) is 16.7 Å². The Balaban J connectivity index is 2.07. The van der Waals surface area contributed by atoms with Crippen molar-refractivity contribution in [3.8, 4) is 0 Å². The first-order chi connectivity index (χ1) is 8.72. The van der Waals surface area contributed by atoms with Crippen molar-refractivity contribution in [2.45, 2.75) is 58.4 Å². The second kappa shape index (κ2) is 6.55. The molecule has 1 N–H and O–H groups in total. The van der Waals surface area contributed by atoms with Gasteiger partial charge in [0, 0.05) is 12.2 Å². The van der Waals surface area contributed by atoms with E-state index in [1.807, 2.05) is 12.3 Å². The highest BCUT2D eigenvalue weighted by molar-refractivity contribution is 9.10. The predicted octanol–water partition coefficient (Wildman–Crippen LogP) is 4.92. The fourth-order valence-electron chi connectivity index (χ4n) is 2.91. The third kappa shape index (κ3) is 3.25. The van der Waals surface area contributed by atoms with Gasteiger partial charge < -0.3 is 5.32 Å². The average molecular weight is 311 g/mol. The molecule has 0 bridgehead atoms. The summed E-state index contributed by atoms with van der Waals surface area (Å²) >= 11 is 3.64. The van der Waals surface area contributed by atoms with Crippen LogP contribution < -0.4 is 5.32 Å². The lowest BCUT2D eigenvalue weighted by molar-refractivity contribution is 0.312. The standard InChI is InChI=1S/C15H23BrN2/c1-3-13(12-7-5-4-6-8-12)18-15-14(16)11(2)9-10-17-15/h9-10,12-13H,3-8H2,1-2H3,(H,17,18). The minimum atomic E-state index is 0.566. The Kier molecular flexibility index (Phi) is 5.04. The van der Waals surface area contributed by atoms with Crippen molar-refractivity contribution in [1.82, 2.24) is 4.98 Å². The Morgan fingerprint density at radius 2 is 2.11 bits per heavy atom. The highest BCUT2D eigenvalue weighted by Gasteiger charge is 2.23. The minimum absolute atomic E-state index is 0.566. The van der Waals surface area contributed by atoms with Crippen LogP contribution in [0.4, 0.5) is 5.82 Å². The van der Waals surface area contributed by atoms with Gasteiger partial charge in [-0.05, 0) is 59.7 Å². The first-order valence-electron chi connectivity index (χ1n) is 7.10. The number of pyridine rings is 1. The van der Waals surface area contributed by atoms with E-state index in [-0.39, 0.29) is 0 Å². The molecule has 18 heavy (non-hydrogen) atoms. The molecule has 1 aliphatic rings. The predicted molar refractivity (Wildman–Crippen MR) is 81.0 cm³/mol. The largest absolute Gasteiger partial charge is 0.366 e. The molecule has 0 aromatic carbocycles. The monoisotopic (exact) mass is 310 g/mol. The average Bonchev–Trinajstić information content (AvgIpc) is 2.41. The zero-order valence-corrected chi connectivity index (χ0v) is 13.0. The Morgan fingerprint density at radius 3 is 2.78 bits per heavy atom. The number of hydrogen-bond donors (Lipinski definition) is 1. The van der Waals surface area contributed by atoms with E-state index in [4.69, 9.17) is 0 Å². The first-order valence-corrected chi connectivity index (χ1v) is 7.89. The van der Waals surface area contributed by atoms with Crippen LogP contribution in [0, 0.1) is 12.8 Å². The van der Waals surface area contributed by atoms with E-state index in [2.05, 4.69) is 40.1 Å². The molecule has 1 fully saturated rings. The van der Waals surface area contributed by atoms with E-state index in [9.17, 15) is 0 Å². The molecule has 1 heterocycles. The van der Waals surface area contributed by atoms with Gasteiger partial charge in [0.2, 0.25) is 0 Å². The summed E-state index contributed by atoms with van der Waals surface area (Å²) in [5.74, 6) is 1.82. The van der Waals surface area contributed by atoms with Crippen LogP contribution in [-0.2, 0) is 0 Å². The molecule has 100 valence electrons. The van der Waals surface area contributed by atoms with E-state index in [1.54, 1.807) is 0 Å². The molecule has 0 radical (unpaired) electrons. The van der Waals surface area contributed by atoms with Crippen LogP contribution in [0.5, 0.6) is 0 Å².